The van der Waals surface area contributed by atoms with E-state index in [1.807, 2.05) is 68.4 Å². The van der Waals surface area contributed by atoms with E-state index in [2.05, 4.69) is 10.6 Å². The first-order chi connectivity index (χ1) is 15.0. The lowest BCUT2D eigenvalue weighted by Crippen LogP contribution is -2.26. The van der Waals surface area contributed by atoms with Crippen molar-refractivity contribution in [2.24, 2.45) is 0 Å². The molecule has 2 amide bonds. The van der Waals surface area contributed by atoms with Gasteiger partial charge in [0.15, 0.2) is 0 Å². The van der Waals surface area contributed by atoms with E-state index in [1.165, 1.54) is 6.08 Å². The van der Waals surface area contributed by atoms with Crippen molar-refractivity contribution in [3.8, 4) is 5.75 Å². The van der Waals surface area contributed by atoms with Gasteiger partial charge in [-0.2, -0.15) is 0 Å². The van der Waals surface area contributed by atoms with E-state index >= 15 is 0 Å². The Morgan fingerprint density at radius 2 is 1.61 bits per heavy atom. The molecule has 1 atom stereocenters. The average molecular weight is 415 g/mol. The van der Waals surface area contributed by atoms with E-state index in [9.17, 15) is 9.59 Å². The van der Waals surface area contributed by atoms with Gasteiger partial charge in [0.05, 0.1) is 12.6 Å². The van der Waals surface area contributed by atoms with Crippen LogP contribution in [0.25, 0.3) is 6.08 Å². The number of amides is 2. The summed E-state index contributed by atoms with van der Waals surface area (Å²) >= 11 is 0. The van der Waals surface area contributed by atoms with Crippen LogP contribution in [0.15, 0.2) is 84.9 Å². The Hall–Kier alpha value is -3.86. The summed E-state index contributed by atoms with van der Waals surface area (Å²) in [7, 11) is 0. The molecule has 31 heavy (non-hydrogen) atoms. The van der Waals surface area contributed by atoms with Gasteiger partial charge in [-0.25, -0.2) is 0 Å². The molecular formula is C26H26N2O3. The molecule has 0 heterocycles. The molecule has 5 heteroatoms. The maximum Gasteiger partial charge on any atom is 0.251 e. The Bertz CT molecular complexity index is 1030. The van der Waals surface area contributed by atoms with Gasteiger partial charge in [-0.15, -0.1) is 0 Å². The molecule has 0 saturated heterocycles. The number of carbonyl (C=O) groups excluding carboxylic acids is 2. The molecule has 0 aliphatic rings. The summed E-state index contributed by atoms with van der Waals surface area (Å²) in [6.07, 6.45) is 3.20. The van der Waals surface area contributed by atoms with Gasteiger partial charge < -0.3 is 15.4 Å². The van der Waals surface area contributed by atoms with E-state index in [1.54, 1.807) is 30.3 Å². The molecule has 0 bridgehead atoms. The molecule has 5 nitrogen and oxygen atoms in total. The van der Waals surface area contributed by atoms with Crippen molar-refractivity contribution < 1.29 is 14.3 Å². The van der Waals surface area contributed by atoms with Crippen molar-refractivity contribution in [3.05, 3.63) is 102 Å². The third-order valence-corrected chi connectivity index (χ3v) is 4.68. The predicted octanol–water partition coefficient (Wildman–Crippen LogP) is 5.23. The molecule has 0 saturated carbocycles. The highest BCUT2D eigenvalue weighted by atomic mass is 16.5. The maximum atomic E-state index is 12.5. The molecule has 0 spiro atoms. The van der Waals surface area contributed by atoms with E-state index in [0.29, 0.717) is 17.9 Å². The van der Waals surface area contributed by atoms with Crippen molar-refractivity contribution in [2.45, 2.75) is 19.9 Å². The molecule has 158 valence electrons. The number of benzene rings is 3. The second kappa shape index (κ2) is 10.8. The van der Waals surface area contributed by atoms with Gasteiger partial charge in [-0.1, -0.05) is 42.5 Å². The second-order valence-corrected chi connectivity index (χ2v) is 7.01. The molecule has 0 radical (unpaired) electrons. The summed E-state index contributed by atoms with van der Waals surface area (Å²) in [6.45, 7) is 4.49. The Balaban J connectivity index is 1.53. The fourth-order valence-electron chi connectivity index (χ4n) is 3.01. The molecule has 0 aliphatic carbocycles. The fourth-order valence-corrected chi connectivity index (χ4v) is 3.01. The van der Waals surface area contributed by atoms with E-state index in [0.717, 1.165) is 16.9 Å². The summed E-state index contributed by atoms with van der Waals surface area (Å²) < 4.78 is 5.40. The molecule has 0 aliphatic heterocycles. The van der Waals surface area contributed by atoms with Crippen molar-refractivity contribution in [1.29, 1.82) is 0 Å². The van der Waals surface area contributed by atoms with Crippen LogP contribution in [0.5, 0.6) is 5.75 Å². The quantitative estimate of drug-likeness (QED) is 0.496. The van der Waals surface area contributed by atoms with Crippen LogP contribution in [-0.4, -0.2) is 18.4 Å². The van der Waals surface area contributed by atoms with Crippen LogP contribution in [0.4, 0.5) is 5.69 Å². The van der Waals surface area contributed by atoms with Crippen LogP contribution in [0, 0.1) is 0 Å². The molecule has 3 aromatic rings. The Morgan fingerprint density at radius 1 is 0.935 bits per heavy atom. The highest BCUT2D eigenvalue weighted by molar-refractivity contribution is 6.02. The van der Waals surface area contributed by atoms with Gasteiger partial charge >= 0.3 is 0 Å². The lowest BCUT2D eigenvalue weighted by molar-refractivity contribution is -0.111. The third kappa shape index (κ3) is 6.57. The minimum Gasteiger partial charge on any atom is -0.494 e. The largest absolute Gasteiger partial charge is 0.494 e. The van der Waals surface area contributed by atoms with Gasteiger partial charge in [0.2, 0.25) is 5.91 Å². The smallest absolute Gasteiger partial charge is 0.251 e. The summed E-state index contributed by atoms with van der Waals surface area (Å²) in [5, 5.41) is 5.77. The molecule has 2 N–H and O–H groups in total. The first-order valence-corrected chi connectivity index (χ1v) is 10.2. The van der Waals surface area contributed by atoms with E-state index in [-0.39, 0.29) is 17.9 Å². The summed E-state index contributed by atoms with van der Waals surface area (Å²) in [5.41, 5.74) is 3.09. The van der Waals surface area contributed by atoms with Crippen LogP contribution in [0.1, 0.15) is 41.4 Å². The second-order valence-electron chi connectivity index (χ2n) is 7.01. The SMILES string of the molecule is CCOc1ccc(/C=C/C(=O)Nc2ccc(C(=O)NC(C)c3ccccc3)cc2)cc1. The Kier molecular flexibility index (Phi) is 7.60. The van der Waals surface area contributed by atoms with Crippen LogP contribution >= 0.6 is 0 Å². The minimum atomic E-state index is -0.246. The van der Waals surface area contributed by atoms with Crippen LogP contribution < -0.4 is 15.4 Å². The number of ether oxygens (including phenoxy) is 1. The normalized spacial score (nSPS) is 11.7. The molecule has 1 unspecified atom stereocenters. The van der Waals surface area contributed by atoms with Crippen LogP contribution in [0.2, 0.25) is 0 Å². The van der Waals surface area contributed by atoms with Gasteiger partial charge in [0.25, 0.3) is 5.91 Å². The van der Waals surface area contributed by atoms with E-state index in [4.69, 9.17) is 4.74 Å². The topological polar surface area (TPSA) is 67.4 Å². The highest BCUT2D eigenvalue weighted by Gasteiger charge is 2.11. The van der Waals surface area contributed by atoms with Gasteiger partial charge in [0.1, 0.15) is 5.75 Å². The number of rotatable bonds is 8. The zero-order chi connectivity index (χ0) is 22.1. The van der Waals surface area contributed by atoms with Crippen molar-refractivity contribution >= 4 is 23.6 Å². The number of hydrogen-bond acceptors (Lipinski definition) is 3. The fraction of sp³-hybridized carbons (Fsp3) is 0.154. The number of hydrogen-bond donors (Lipinski definition) is 2. The summed E-state index contributed by atoms with van der Waals surface area (Å²) in [5.74, 6) is 0.389. The standard InChI is InChI=1S/C26H26N2O3/c1-3-31-24-16-9-20(10-17-24)11-18-25(29)28-23-14-12-22(13-15-23)26(30)27-19(2)21-7-5-4-6-8-21/h4-19H,3H2,1-2H3,(H,27,30)(H,28,29)/b18-11+. The van der Waals surface area contributed by atoms with Crippen molar-refractivity contribution in [2.75, 3.05) is 11.9 Å². The maximum absolute atomic E-state index is 12.5. The molecule has 3 aromatic carbocycles. The van der Waals surface area contributed by atoms with Gasteiger partial charge in [-0.3, -0.25) is 9.59 Å². The zero-order valence-corrected chi connectivity index (χ0v) is 17.7. The van der Waals surface area contributed by atoms with Crippen LogP contribution in [0.3, 0.4) is 0 Å². The summed E-state index contributed by atoms with van der Waals surface area (Å²) in [6, 6.07) is 24.0. The summed E-state index contributed by atoms with van der Waals surface area (Å²) in [4.78, 5) is 24.6. The number of anilines is 1. The highest BCUT2D eigenvalue weighted by Crippen LogP contribution is 2.15. The van der Waals surface area contributed by atoms with Crippen molar-refractivity contribution in [3.63, 3.8) is 0 Å². The van der Waals surface area contributed by atoms with Crippen molar-refractivity contribution in [1.82, 2.24) is 5.32 Å². The van der Waals surface area contributed by atoms with Gasteiger partial charge in [0, 0.05) is 17.3 Å². The predicted molar refractivity (Wildman–Crippen MR) is 124 cm³/mol. The Labute approximate surface area is 182 Å². The first kappa shape index (κ1) is 21.8. The molecule has 0 fully saturated rings. The molecular weight excluding hydrogens is 388 g/mol. The third-order valence-electron chi connectivity index (χ3n) is 4.68. The van der Waals surface area contributed by atoms with Gasteiger partial charge in [-0.05, 0) is 67.4 Å². The first-order valence-electron chi connectivity index (χ1n) is 10.2. The Morgan fingerprint density at radius 3 is 2.26 bits per heavy atom. The number of nitrogens with one attached hydrogen (secondary N) is 2. The molecule has 0 aromatic heterocycles. The minimum absolute atomic E-state index is 0.0965. The van der Waals surface area contributed by atoms with E-state index < -0.39 is 0 Å². The zero-order valence-electron chi connectivity index (χ0n) is 17.7. The lowest BCUT2D eigenvalue weighted by atomic mass is 10.1. The monoisotopic (exact) mass is 414 g/mol. The number of carbonyl (C=O) groups is 2. The average Bonchev–Trinajstić information content (AvgIpc) is 2.80. The molecule has 3 rings (SSSR count). The van der Waals surface area contributed by atoms with Crippen LogP contribution in [-0.2, 0) is 4.79 Å². The lowest BCUT2D eigenvalue weighted by Gasteiger charge is -2.14.